The van der Waals surface area contributed by atoms with Crippen LogP contribution in [-0.2, 0) is 26.2 Å². The molecule has 8 nitrogen and oxygen atoms in total. The van der Waals surface area contributed by atoms with E-state index in [1.165, 1.54) is 24.1 Å². The molecule has 2 amide bonds. The second-order valence-electron chi connectivity index (χ2n) is 9.50. The number of unbranched alkanes of at least 4 members (excludes halogenated alkanes) is 1. The van der Waals surface area contributed by atoms with Gasteiger partial charge in [-0.3, -0.25) is 13.9 Å². The van der Waals surface area contributed by atoms with E-state index in [1.807, 2.05) is 38.1 Å². The van der Waals surface area contributed by atoms with Crippen LogP contribution < -0.4 is 14.4 Å². The molecule has 0 aliphatic rings. The lowest BCUT2D eigenvalue weighted by molar-refractivity contribution is -0.139. The van der Waals surface area contributed by atoms with Crippen LogP contribution in [-0.4, -0.2) is 51.4 Å². The fraction of sp³-hybridized carbons (Fsp3) is 0.333. The third kappa shape index (κ3) is 8.08. The van der Waals surface area contributed by atoms with Crippen molar-refractivity contribution in [2.24, 2.45) is 0 Å². The molecule has 10 heteroatoms. The minimum Gasteiger partial charge on any atom is -0.497 e. The SMILES string of the molecule is CCCCNC(=O)[C@@H](C)N(Cc1cccc(Br)c1)C(=O)CN(c1cccc(OC)c1)S(=O)(=O)c1ccc(C)cc1. The van der Waals surface area contributed by atoms with Crippen LogP contribution in [0, 0.1) is 6.92 Å². The lowest BCUT2D eigenvalue weighted by Gasteiger charge is -2.32. The number of hydrogen-bond acceptors (Lipinski definition) is 5. The van der Waals surface area contributed by atoms with Crippen molar-refractivity contribution in [3.05, 3.63) is 88.4 Å². The van der Waals surface area contributed by atoms with E-state index in [1.54, 1.807) is 43.3 Å². The Kier molecular flexibility index (Phi) is 11.2. The molecule has 3 rings (SSSR count). The number of sulfonamides is 1. The molecule has 0 radical (unpaired) electrons. The van der Waals surface area contributed by atoms with Gasteiger partial charge in [-0.05, 0) is 62.2 Å². The molecule has 0 saturated heterocycles. The second-order valence-corrected chi connectivity index (χ2v) is 12.3. The highest BCUT2D eigenvalue weighted by Gasteiger charge is 2.32. The average Bonchev–Trinajstić information content (AvgIpc) is 2.94. The Balaban J connectivity index is 2.02. The number of rotatable bonds is 13. The summed E-state index contributed by atoms with van der Waals surface area (Å²) in [6.45, 7) is 5.66. The fourth-order valence-corrected chi connectivity index (χ4v) is 5.94. The molecule has 0 aliphatic carbocycles. The number of carbonyl (C=O) groups is 2. The summed E-state index contributed by atoms with van der Waals surface area (Å²) in [5.41, 5.74) is 1.98. The van der Waals surface area contributed by atoms with Crippen LogP contribution in [0.25, 0.3) is 0 Å². The maximum Gasteiger partial charge on any atom is 0.264 e. The Morgan fingerprint density at radius 2 is 1.73 bits per heavy atom. The van der Waals surface area contributed by atoms with Crippen LogP contribution in [0.5, 0.6) is 5.75 Å². The minimum atomic E-state index is -4.15. The number of anilines is 1. The van der Waals surface area contributed by atoms with E-state index in [4.69, 9.17) is 4.74 Å². The Labute approximate surface area is 245 Å². The zero-order valence-electron chi connectivity index (χ0n) is 23.3. The first-order valence-corrected chi connectivity index (χ1v) is 15.3. The summed E-state index contributed by atoms with van der Waals surface area (Å²) in [6.07, 6.45) is 1.73. The van der Waals surface area contributed by atoms with Gasteiger partial charge in [0.1, 0.15) is 18.3 Å². The van der Waals surface area contributed by atoms with E-state index >= 15 is 0 Å². The predicted molar refractivity (Wildman–Crippen MR) is 161 cm³/mol. The highest BCUT2D eigenvalue weighted by Crippen LogP contribution is 2.28. The van der Waals surface area contributed by atoms with Gasteiger partial charge >= 0.3 is 0 Å². The summed E-state index contributed by atoms with van der Waals surface area (Å²) in [4.78, 5) is 28.5. The van der Waals surface area contributed by atoms with Crippen molar-refractivity contribution < 1.29 is 22.7 Å². The molecule has 0 fully saturated rings. The number of nitrogens with zero attached hydrogens (tertiary/aromatic N) is 2. The van der Waals surface area contributed by atoms with Gasteiger partial charge < -0.3 is 15.0 Å². The van der Waals surface area contributed by atoms with Crippen LogP contribution in [0.1, 0.15) is 37.8 Å². The van der Waals surface area contributed by atoms with Crippen molar-refractivity contribution >= 4 is 43.5 Å². The van der Waals surface area contributed by atoms with Gasteiger partial charge in [-0.15, -0.1) is 0 Å². The molecule has 0 aliphatic heterocycles. The smallest absolute Gasteiger partial charge is 0.264 e. The van der Waals surface area contributed by atoms with Gasteiger partial charge in [0.15, 0.2) is 0 Å². The highest BCUT2D eigenvalue weighted by molar-refractivity contribution is 9.10. The molecule has 0 heterocycles. The summed E-state index contributed by atoms with van der Waals surface area (Å²) in [5.74, 6) is -0.369. The van der Waals surface area contributed by atoms with Crippen molar-refractivity contribution in [3.63, 3.8) is 0 Å². The lowest BCUT2D eigenvalue weighted by atomic mass is 10.1. The molecule has 1 N–H and O–H groups in total. The van der Waals surface area contributed by atoms with Crippen LogP contribution >= 0.6 is 15.9 Å². The van der Waals surface area contributed by atoms with E-state index in [-0.39, 0.29) is 23.0 Å². The molecule has 0 spiro atoms. The van der Waals surface area contributed by atoms with Crippen LogP contribution in [0.4, 0.5) is 5.69 Å². The number of ether oxygens (including phenoxy) is 1. The Morgan fingerprint density at radius 1 is 1.02 bits per heavy atom. The third-order valence-electron chi connectivity index (χ3n) is 6.47. The normalized spacial score (nSPS) is 11.9. The monoisotopic (exact) mass is 629 g/mol. The molecule has 0 bridgehead atoms. The van der Waals surface area contributed by atoms with E-state index in [0.717, 1.165) is 32.7 Å². The molecular formula is C30H36BrN3O5S. The topological polar surface area (TPSA) is 96.0 Å². The maximum atomic E-state index is 14.0. The third-order valence-corrected chi connectivity index (χ3v) is 8.75. The number of aryl methyl sites for hydroxylation is 1. The van der Waals surface area contributed by atoms with Gasteiger partial charge in [0.05, 0.1) is 17.7 Å². The first kappa shape index (κ1) is 31.2. The number of amides is 2. The first-order chi connectivity index (χ1) is 19.1. The number of benzene rings is 3. The van der Waals surface area contributed by atoms with E-state index in [2.05, 4.69) is 21.2 Å². The summed E-state index contributed by atoms with van der Waals surface area (Å²) >= 11 is 3.46. The molecule has 3 aromatic rings. The van der Waals surface area contributed by atoms with Gasteiger partial charge in [-0.25, -0.2) is 8.42 Å². The quantitative estimate of drug-likeness (QED) is 0.259. The lowest BCUT2D eigenvalue weighted by Crippen LogP contribution is -2.51. The van der Waals surface area contributed by atoms with Crippen molar-refractivity contribution in [2.75, 3.05) is 24.5 Å². The first-order valence-electron chi connectivity index (χ1n) is 13.1. The number of carbonyl (C=O) groups excluding carboxylic acids is 2. The van der Waals surface area contributed by atoms with E-state index < -0.39 is 28.5 Å². The average molecular weight is 631 g/mol. The summed E-state index contributed by atoms with van der Waals surface area (Å²) in [5, 5.41) is 2.89. The molecule has 40 heavy (non-hydrogen) atoms. The summed E-state index contributed by atoms with van der Waals surface area (Å²) in [6, 6.07) is 19.6. The van der Waals surface area contributed by atoms with Gasteiger partial charge in [0.2, 0.25) is 11.8 Å². The molecule has 0 saturated carbocycles. The Bertz CT molecular complexity index is 1410. The molecule has 1 atom stereocenters. The van der Waals surface area contributed by atoms with Crippen molar-refractivity contribution in [1.29, 1.82) is 0 Å². The second kappa shape index (κ2) is 14.3. The van der Waals surface area contributed by atoms with Crippen LogP contribution in [0.3, 0.4) is 0 Å². The number of nitrogens with one attached hydrogen (secondary N) is 1. The van der Waals surface area contributed by atoms with Crippen LogP contribution in [0.15, 0.2) is 82.2 Å². The van der Waals surface area contributed by atoms with Crippen molar-refractivity contribution in [2.45, 2.75) is 51.1 Å². The standard InChI is InChI=1S/C30H36BrN3O5S/c1-5-6-17-32-30(36)23(3)33(20-24-9-7-10-25(31)18-24)29(35)21-34(26-11-8-12-27(19-26)39-4)40(37,38)28-15-13-22(2)14-16-28/h7-16,18-19,23H,5-6,17,20-21H2,1-4H3,(H,32,36)/t23-/m1/s1. The predicted octanol–water partition coefficient (Wildman–Crippen LogP) is 5.30. The zero-order chi connectivity index (χ0) is 29.3. The van der Waals surface area contributed by atoms with E-state index in [9.17, 15) is 18.0 Å². The van der Waals surface area contributed by atoms with Crippen molar-refractivity contribution in [1.82, 2.24) is 10.2 Å². The molecule has 0 aromatic heterocycles. The van der Waals surface area contributed by atoms with Gasteiger partial charge in [-0.2, -0.15) is 0 Å². The van der Waals surface area contributed by atoms with Gasteiger partial charge in [0.25, 0.3) is 10.0 Å². The molecule has 0 unspecified atom stereocenters. The maximum absolute atomic E-state index is 14.0. The summed E-state index contributed by atoms with van der Waals surface area (Å²) < 4.78 is 35.0. The Hall–Kier alpha value is -3.37. The summed E-state index contributed by atoms with van der Waals surface area (Å²) in [7, 11) is -2.66. The van der Waals surface area contributed by atoms with Gasteiger partial charge in [-0.1, -0.05) is 65.2 Å². The molecular weight excluding hydrogens is 594 g/mol. The number of halogens is 1. The highest BCUT2D eigenvalue weighted by atomic mass is 79.9. The van der Waals surface area contributed by atoms with Gasteiger partial charge in [0, 0.05) is 23.6 Å². The van der Waals surface area contributed by atoms with E-state index in [0.29, 0.717) is 12.3 Å². The largest absolute Gasteiger partial charge is 0.497 e. The zero-order valence-corrected chi connectivity index (χ0v) is 25.7. The van der Waals surface area contributed by atoms with Crippen molar-refractivity contribution in [3.8, 4) is 5.75 Å². The van der Waals surface area contributed by atoms with Crippen LogP contribution in [0.2, 0.25) is 0 Å². The number of methoxy groups -OCH3 is 1. The number of hydrogen-bond donors (Lipinski definition) is 1. The Morgan fingerprint density at radius 3 is 2.38 bits per heavy atom. The molecule has 214 valence electrons. The minimum absolute atomic E-state index is 0.0533. The molecule has 3 aromatic carbocycles. The fourth-order valence-electron chi connectivity index (χ4n) is 4.08.